The van der Waals surface area contributed by atoms with Crippen LogP contribution in [0.4, 0.5) is 0 Å². The van der Waals surface area contributed by atoms with E-state index < -0.39 is 17.8 Å². The summed E-state index contributed by atoms with van der Waals surface area (Å²) in [5.74, 6) is -1.80. The van der Waals surface area contributed by atoms with Gasteiger partial charge in [0, 0.05) is 12.8 Å². The van der Waals surface area contributed by atoms with Crippen LogP contribution >= 0.6 is 0 Å². The lowest BCUT2D eigenvalue weighted by atomic mass is 10.2. The summed E-state index contributed by atoms with van der Waals surface area (Å²) in [4.78, 5) is 37.6. The zero-order valence-electron chi connectivity index (χ0n) is 9.57. The molecule has 0 saturated carbocycles. The molecule has 1 rings (SSSR count). The van der Waals surface area contributed by atoms with Gasteiger partial charge in [0.1, 0.15) is 0 Å². The monoisotopic (exact) mass is 215 g/mol. The van der Waals surface area contributed by atoms with E-state index >= 15 is 0 Å². The van der Waals surface area contributed by atoms with Gasteiger partial charge >= 0.3 is 5.97 Å². The summed E-state index contributed by atoms with van der Waals surface area (Å²) in [6, 6.07) is 0. The summed E-state index contributed by atoms with van der Waals surface area (Å²) >= 11 is 0. The van der Waals surface area contributed by atoms with E-state index in [0.29, 0.717) is 5.06 Å². The van der Waals surface area contributed by atoms with Crippen LogP contribution in [0, 0.1) is 5.92 Å². The number of rotatable bonds is 2. The molecule has 0 aliphatic carbocycles. The third-order valence-electron chi connectivity index (χ3n) is 1.66. The van der Waals surface area contributed by atoms with Crippen LogP contribution in [-0.4, -0.2) is 22.8 Å². The largest absolute Gasteiger partial charge is 0.335 e. The van der Waals surface area contributed by atoms with Crippen molar-refractivity contribution in [2.24, 2.45) is 5.92 Å². The lowest BCUT2D eigenvalue weighted by Gasteiger charge is -2.13. The number of carbonyl (C=O) groups is 3. The Labute approximate surface area is 89.3 Å². The summed E-state index contributed by atoms with van der Waals surface area (Å²) in [5.41, 5.74) is 0. The van der Waals surface area contributed by atoms with Crippen LogP contribution in [0.3, 0.4) is 0 Å². The van der Waals surface area contributed by atoms with Crippen LogP contribution in [0.5, 0.6) is 0 Å². The van der Waals surface area contributed by atoms with Gasteiger partial charge in [0.05, 0.1) is 5.92 Å². The fraction of sp³-hybridized carbons (Fsp3) is 0.700. The molecule has 86 valence electrons. The molecule has 1 aliphatic heterocycles. The molecule has 0 bridgehead atoms. The highest BCUT2D eigenvalue weighted by Gasteiger charge is 2.33. The third-order valence-corrected chi connectivity index (χ3v) is 1.66. The molecule has 1 fully saturated rings. The van der Waals surface area contributed by atoms with Crippen LogP contribution < -0.4 is 0 Å². The maximum absolute atomic E-state index is 11.0. The van der Waals surface area contributed by atoms with Crippen molar-refractivity contribution in [1.82, 2.24) is 5.06 Å². The van der Waals surface area contributed by atoms with Gasteiger partial charge in [-0.1, -0.05) is 27.7 Å². The predicted octanol–water partition coefficient (Wildman–Crippen LogP) is 1.28. The zero-order chi connectivity index (χ0) is 12.0. The van der Waals surface area contributed by atoms with Gasteiger partial charge in [-0.3, -0.25) is 9.59 Å². The molecule has 15 heavy (non-hydrogen) atoms. The number of carbonyl (C=O) groups excluding carboxylic acids is 3. The van der Waals surface area contributed by atoms with Crippen molar-refractivity contribution < 1.29 is 19.2 Å². The maximum Gasteiger partial charge on any atom is 0.335 e. The van der Waals surface area contributed by atoms with Crippen molar-refractivity contribution in [3.63, 3.8) is 0 Å². The normalized spacial score (nSPS) is 15.1. The molecule has 0 spiro atoms. The molecule has 0 atom stereocenters. The number of hydroxylamine groups is 2. The molecule has 0 N–H and O–H groups in total. The second-order valence-electron chi connectivity index (χ2n) is 3.15. The lowest BCUT2D eigenvalue weighted by molar-refractivity contribution is -0.199. The van der Waals surface area contributed by atoms with Crippen LogP contribution in [-0.2, 0) is 19.2 Å². The Morgan fingerprint density at radius 1 is 1.20 bits per heavy atom. The quantitative estimate of drug-likeness (QED) is 0.651. The average Bonchev–Trinajstić information content (AvgIpc) is 2.52. The molecule has 0 radical (unpaired) electrons. The SMILES string of the molecule is CC.CC(C)C(=O)ON1C(=O)CCC1=O. The molecule has 0 unspecified atom stereocenters. The van der Waals surface area contributed by atoms with Gasteiger partial charge in [0.15, 0.2) is 0 Å². The lowest BCUT2D eigenvalue weighted by Crippen LogP contribution is -2.33. The van der Waals surface area contributed by atoms with E-state index in [4.69, 9.17) is 0 Å². The van der Waals surface area contributed by atoms with Crippen molar-refractivity contribution in [2.45, 2.75) is 40.5 Å². The minimum Gasteiger partial charge on any atom is -0.330 e. The van der Waals surface area contributed by atoms with E-state index in [-0.39, 0.29) is 18.8 Å². The van der Waals surface area contributed by atoms with E-state index in [2.05, 4.69) is 4.84 Å². The fourth-order valence-corrected chi connectivity index (χ4v) is 0.853. The van der Waals surface area contributed by atoms with Gasteiger partial charge in [-0.05, 0) is 0 Å². The van der Waals surface area contributed by atoms with Crippen LogP contribution in [0.15, 0.2) is 0 Å². The summed E-state index contributed by atoms with van der Waals surface area (Å²) in [5, 5.41) is 0.558. The van der Waals surface area contributed by atoms with Crippen molar-refractivity contribution in [3.8, 4) is 0 Å². The van der Waals surface area contributed by atoms with Gasteiger partial charge in [-0.2, -0.15) is 0 Å². The Morgan fingerprint density at radius 2 is 1.60 bits per heavy atom. The summed E-state index contributed by atoms with van der Waals surface area (Å²) in [6.07, 6.45) is 0.258. The number of hydrogen-bond acceptors (Lipinski definition) is 4. The summed E-state index contributed by atoms with van der Waals surface area (Å²) < 4.78 is 0. The second-order valence-corrected chi connectivity index (χ2v) is 3.15. The minimum absolute atomic E-state index is 0.129. The first-order valence-electron chi connectivity index (χ1n) is 5.10. The van der Waals surface area contributed by atoms with Gasteiger partial charge in [-0.15, -0.1) is 5.06 Å². The third kappa shape index (κ3) is 3.69. The van der Waals surface area contributed by atoms with Gasteiger partial charge in [0.25, 0.3) is 11.8 Å². The Morgan fingerprint density at radius 3 is 1.93 bits per heavy atom. The Balaban J connectivity index is 0.000000921. The number of nitrogens with zero attached hydrogens (tertiary/aromatic N) is 1. The molecular formula is C10H17NO4. The van der Waals surface area contributed by atoms with E-state index in [1.807, 2.05) is 13.8 Å². The Kier molecular flexibility index (Phi) is 5.59. The van der Waals surface area contributed by atoms with E-state index in [1.165, 1.54) is 0 Å². The first-order chi connectivity index (χ1) is 7.02. The summed E-state index contributed by atoms with van der Waals surface area (Å²) in [7, 11) is 0. The van der Waals surface area contributed by atoms with Gasteiger partial charge < -0.3 is 4.84 Å². The van der Waals surface area contributed by atoms with E-state index in [9.17, 15) is 14.4 Å². The Hall–Kier alpha value is -1.39. The molecule has 5 nitrogen and oxygen atoms in total. The fourth-order valence-electron chi connectivity index (χ4n) is 0.853. The smallest absolute Gasteiger partial charge is 0.330 e. The van der Waals surface area contributed by atoms with Gasteiger partial charge in [-0.25, -0.2) is 4.79 Å². The molecule has 0 aromatic rings. The highest BCUT2D eigenvalue weighted by atomic mass is 16.7. The first-order valence-corrected chi connectivity index (χ1v) is 5.10. The van der Waals surface area contributed by atoms with Crippen LogP contribution in [0.1, 0.15) is 40.5 Å². The van der Waals surface area contributed by atoms with Crippen molar-refractivity contribution >= 4 is 17.8 Å². The zero-order valence-corrected chi connectivity index (χ0v) is 9.57. The minimum atomic E-state index is -0.566. The number of imide groups is 1. The average molecular weight is 215 g/mol. The van der Waals surface area contributed by atoms with E-state index in [1.54, 1.807) is 13.8 Å². The van der Waals surface area contributed by atoms with Crippen molar-refractivity contribution in [3.05, 3.63) is 0 Å². The number of amides is 2. The molecular weight excluding hydrogens is 198 g/mol. The Bertz CT molecular complexity index is 244. The first kappa shape index (κ1) is 13.6. The van der Waals surface area contributed by atoms with Gasteiger partial charge in [0.2, 0.25) is 0 Å². The maximum atomic E-state index is 11.0. The van der Waals surface area contributed by atoms with Crippen molar-refractivity contribution in [2.75, 3.05) is 0 Å². The predicted molar refractivity (Wildman–Crippen MR) is 53.4 cm³/mol. The summed E-state index contributed by atoms with van der Waals surface area (Å²) in [6.45, 7) is 7.26. The molecule has 1 heterocycles. The standard InChI is InChI=1S/C8H11NO4.C2H6/c1-5(2)8(12)13-9-6(10)3-4-7(9)11;1-2/h5H,3-4H2,1-2H3;1-2H3. The molecule has 0 aromatic carbocycles. The molecule has 0 aromatic heterocycles. The molecule has 1 aliphatic rings. The highest BCUT2D eigenvalue weighted by molar-refractivity contribution is 6.01. The van der Waals surface area contributed by atoms with E-state index in [0.717, 1.165) is 0 Å². The van der Waals surface area contributed by atoms with Crippen molar-refractivity contribution in [1.29, 1.82) is 0 Å². The molecule has 2 amide bonds. The second kappa shape index (κ2) is 6.16. The number of hydrogen-bond donors (Lipinski definition) is 0. The van der Waals surface area contributed by atoms with Crippen LogP contribution in [0.2, 0.25) is 0 Å². The van der Waals surface area contributed by atoms with Crippen LogP contribution in [0.25, 0.3) is 0 Å². The molecule has 5 heteroatoms. The molecule has 1 saturated heterocycles. The topological polar surface area (TPSA) is 63.7 Å². The highest BCUT2D eigenvalue weighted by Crippen LogP contribution is 2.13.